The van der Waals surface area contributed by atoms with Gasteiger partial charge in [0, 0.05) is 6.42 Å². The van der Waals surface area contributed by atoms with Crippen LogP contribution >= 0.6 is 0 Å². The van der Waals surface area contributed by atoms with Crippen LogP contribution in [0.3, 0.4) is 0 Å². The fourth-order valence-corrected chi connectivity index (χ4v) is 1.74. The predicted molar refractivity (Wildman–Crippen MR) is 57.0 cm³/mol. The van der Waals surface area contributed by atoms with Crippen LogP contribution in [-0.4, -0.2) is 36.7 Å². The number of amides is 1. The molecule has 0 heterocycles. The van der Waals surface area contributed by atoms with E-state index in [0.29, 0.717) is 0 Å². The number of hydrogen-bond acceptors (Lipinski definition) is 4. The van der Waals surface area contributed by atoms with Crippen molar-refractivity contribution in [1.29, 1.82) is 0 Å². The van der Waals surface area contributed by atoms with Gasteiger partial charge in [0.05, 0.1) is 5.25 Å². The summed E-state index contributed by atoms with van der Waals surface area (Å²) in [6, 6.07) is -1.32. The van der Waals surface area contributed by atoms with E-state index in [1.807, 2.05) is 4.72 Å². The van der Waals surface area contributed by atoms with Crippen molar-refractivity contribution >= 4 is 21.9 Å². The van der Waals surface area contributed by atoms with Crippen LogP contribution in [0, 0.1) is 0 Å². The molecule has 7 nitrogen and oxygen atoms in total. The van der Waals surface area contributed by atoms with Crippen molar-refractivity contribution in [3.8, 4) is 0 Å². The van der Waals surface area contributed by atoms with Crippen LogP contribution < -0.4 is 10.5 Å². The number of rotatable bonds is 7. The van der Waals surface area contributed by atoms with E-state index in [0.717, 1.165) is 0 Å². The lowest BCUT2D eigenvalue weighted by Crippen LogP contribution is -2.44. The van der Waals surface area contributed by atoms with Gasteiger partial charge in [-0.05, 0) is 20.3 Å². The molecular weight excluding hydrogens is 236 g/mol. The van der Waals surface area contributed by atoms with E-state index in [4.69, 9.17) is 10.8 Å². The topological polar surface area (TPSA) is 127 Å². The van der Waals surface area contributed by atoms with Crippen molar-refractivity contribution in [2.75, 3.05) is 0 Å². The number of carbonyl (C=O) groups is 2. The Morgan fingerprint density at radius 3 is 2.19 bits per heavy atom. The summed E-state index contributed by atoms with van der Waals surface area (Å²) in [5, 5.41) is 8.02. The second-order valence-corrected chi connectivity index (χ2v) is 5.88. The van der Waals surface area contributed by atoms with Gasteiger partial charge in [0.15, 0.2) is 0 Å². The molecule has 0 rings (SSSR count). The number of carboxylic acids is 1. The second kappa shape index (κ2) is 5.80. The Bertz CT molecular complexity index is 363. The molecule has 1 atom stereocenters. The molecule has 0 aliphatic rings. The number of carbonyl (C=O) groups excluding carboxylic acids is 1. The third-order valence-corrected chi connectivity index (χ3v) is 3.76. The Kier molecular flexibility index (Phi) is 5.39. The molecule has 0 bridgehead atoms. The van der Waals surface area contributed by atoms with Gasteiger partial charge in [0.25, 0.3) is 0 Å². The van der Waals surface area contributed by atoms with Gasteiger partial charge in [0.1, 0.15) is 6.04 Å². The van der Waals surface area contributed by atoms with Crippen molar-refractivity contribution in [3.05, 3.63) is 0 Å². The molecule has 0 saturated heterocycles. The van der Waals surface area contributed by atoms with Gasteiger partial charge in [0.2, 0.25) is 15.9 Å². The van der Waals surface area contributed by atoms with E-state index in [1.165, 1.54) is 13.8 Å². The summed E-state index contributed by atoms with van der Waals surface area (Å²) in [6.45, 7) is 2.85. The number of aliphatic carboxylic acids is 1. The molecule has 0 aromatic rings. The van der Waals surface area contributed by atoms with Gasteiger partial charge in [-0.25, -0.2) is 13.1 Å². The first-order valence-electron chi connectivity index (χ1n) is 4.69. The van der Waals surface area contributed by atoms with Crippen molar-refractivity contribution in [2.45, 2.75) is 38.0 Å². The molecule has 0 aliphatic heterocycles. The molecular formula is C8H16N2O5S. The second-order valence-electron chi connectivity index (χ2n) is 3.61. The third kappa shape index (κ3) is 5.08. The van der Waals surface area contributed by atoms with E-state index in [-0.39, 0.29) is 12.8 Å². The van der Waals surface area contributed by atoms with E-state index >= 15 is 0 Å². The molecule has 0 unspecified atom stereocenters. The maximum atomic E-state index is 11.4. The van der Waals surface area contributed by atoms with Crippen LogP contribution in [-0.2, 0) is 19.6 Å². The van der Waals surface area contributed by atoms with E-state index in [2.05, 4.69) is 0 Å². The number of hydrogen-bond donors (Lipinski definition) is 3. The minimum atomic E-state index is -3.67. The lowest BCUT2D eigenvalue weighted by Gasteiger charge is -2.15. The van der Waals surface area contributed by atoms with Crippen LogP contribution in [0.25, 0.3) is 0 Å². The summed E-state index contributed by atoms with van der Waals surface area (Å²) < 4.78 is 24.8. The monoisotopic (exact) mass is 252 g/mol. The summed E-state index contributed by atoms with van der Waals surface area (Å²) in [5.41, 5.74) is 4.86. The van der Waals surface area contributed by atoms with Gasteiger partial charge in [-0.3, -0.25) is 9.59 Å². The first-order chi connectivity index (χ1) is 7.16. The molecule has 0 aromatic carbocycles. The largest absolute Gasteiger partial charge is 0.480 e. The lowest BCUT2D eigenvalue weighted by molar-refractivity contribution is -0.139. The number of sulfonamides is 1. The van der Waals surface area contributed by atoms with E-state index in [1.54, 1.807) is 0 Å². The summed E-state index contributed by atoms with van der Waals surface area (Å²) in [6.07, 6.45) is -0.339. The van der Waals surface area contributed by atoms with Crippen LogP contribution in [0.5, 0.6) is 0 Å². The maximum absolute atomic E-state index is 11.4. The van der Waals surface area contributed by atoms with Crippen LogP contribution in [0.15, 0.2) is 0 Å². The first kappa shape index (κ1) is 14.8. The molecule has 4 N–H and O–H groups in total. The van der Waals surface area contributed by atoms with Gasteiger partial charge >= 0.3 is 5.97 Å². The zero-order valence-electron chi connectivity index (χ0n) is 9.13. The van der Waals surface area contributed by atoms with Crippen LogP contribution in [0.1, 0.15) is 26.7 Å². The zero-order chi connectivity index (χ0) is 12.9. The summed E-state index contributed by atoms with van der Waals surface area (Å²) in [5.74, 6) is -2.00. The average molecular weight is 252 g/mol. The van der Waals surface area contributed by atoms with Crippen molar-refractivity contribution in [1.82, 2.24) is 4.72 Å². The van der Waals surface area contributed by atoms with Crippen LogP contribution in [0.4, 0.5) is 0 Å². The third-order valence-electron chi connectivity index (χ3n) is 1.90. The highest BCUT2D eigenvalue weighted by atomic mass is 32.2. The summed E-state index contributed by atoms with van der Waals surface area (Å²) in [4.78, 5) is 21.2. The standard InChI is InChI=1S/C8H16N2O5S/c1-5(2)16(14,15)10-6(8(12)13)3-4-7(9)11/h5-6,10H,3-4H2,1-2H3,(H2,9,11)(H,12,13)/t6-/m1/s1. The van der Waals surface area contributed by atoms with Gasteiger partial charge in [-0.2, -0.15) is 0 Å². The minimum Gasteiger partial charge on any atom is -0.480 e. The smallest absolute Gasteiger partial charge is 0.321 e. The molecule has 0 aromatic heterocycles. The Labute approximate surface area is 94.1 Å². The molecule has 94 valence electrons. The van der Waals surface area contributed by atoms with Crippen LogP contribution in [0.2, 0.25) is 0 Å². The highest BCUT2D eigenvalue weighted by Gasteiger charge is 2.26. The summed E-state index contributed by atoms with van der Waals surface area (Å²) >= 11 is 0. The highest BCUT2D eigenvalue weighted by molar-refractivity contribution is 7.90. The average Bonchev–Trinajstić information content (AvgIpc) is 2.11. The fraction of sp³-hybridized carbons (Fsp3) is 0.750. The summed E-state index contributed by atoms with van der Waals surface area (Å²) in [7, 11) is -3.67. The Hall–Kier alpha value is -1.15. The van der Waals surface area contributed by atoms with Crippen molar-refractivity contribution in [2.24, 2.45) is 5.73 Å². The van der Waals surface area contributed by atoms with E-state index in [9.17, 15) is 18.0 Å². The molecule has 0 fully saturated rings. The predicted octanol–water partition coefficient (Wildman–Crippen LogP) is -0.967. The molecule has 16 heavy (non-hydrogen) atoms. The molecule has 0 spiro atoms. The number of nitrogens with two attached hydrogens (primary N) is 1. The van der Waals surface area contributed by atoms with Gasteiger partial charge < -0.3 is 10.8 Å². The quantitative estimate of drug-likeness (QED) is 0.537. The molecule has 0 aliphatic carbocycles. The van der Waals surface area contributed by atoms with E-state index < -0.39 is 33.2 Å². The number of primary amides is 1. The van der Waals surface area contributed by atoms with Crippen molar-refractivity contribution < 1.29 is 23.1 Å². The Balaban J connectivity index is 4.58. The maximum Gasteiger partial charge on any atom is 0.321 e. The number of carboxylic acid groups (broad SMARTS) is 1. The lowest BCUT2D eigenvalue weighted by atomic mass is 10.2. The Morgan fingerprint density at radius 2 is 1.88 bits per heavy atom. The van der Waals surface area contributed by atoms with Gasteiger partial charge in [-0.15, -0.1) is 0 Å². The first-order valence-corrected chi connectivity index (χ1v) is 6.23. The molecule has 0 radical (unpaired) electrons. The molecule has 1 amide bonds. The Morgan fingerprint density at radius 1 is 1.38 bits per heavy atom. The minimum absolute atomic E-state index is 0.156. The van der Waals surface area contributed by atoms with Crippen molar-refractivity contribution in [3.63, 3.8) is 0 Å². The normalized spacial score (nSPS) is 13.7. The molecule has 0 saturated carbocycles. The highest BCUT2D eigenvalue weighted by Crippen LogP contribution is 2.03. The fourth-order valence-electron chi connectivity index (χ4n) is 0.854. The zero-order valence-corrected chi connectivity index (χ0v) is 9.95. The number of nitrogens with one attached hydrogen (secondary N) is 1. The van der Waals surface area contributed by atoms with Gasteiger partial charge in [-0.1, -0.05) is 0 Å². The molecule has 8 heteroatoms. The SMILES string of the molecule is CC(C)S(=O)(=O)N[C@H](CCC(N)=O)C(=O)O.